The molecule has 1 saturated heterocycles. The summed E-state index contributed by atoms with van der Waals surface area (Å²) in [5, 5.41) is 5.77. The molecule has 8 nitrogen and oxygen atoms in total. The second-order valence-electron chi connectivity index (χ2n) is 8.75. The third-order valence-corrected chi connectivity index (χ3v) is 7.19. The molecule has 1 heterocycles. The molecule has 1 atom stereocenters. The summed E-state index contributed by atoms with van der Waals surface area (Å²) in [5.41, 5.74) is 0.743. The molecule has 1 fully saturated rings. The van der Waals surface area contributed by atoms with E-state index in [4.69, 9.17) is 0 Å². The number of hydrogen-bond acceptors (Lipinski definition) is 5. The van der Waals surface area contributed by atoms with E-state index in [0.29, 0.717) is 25.9 Å². The van der Waals surface area contributed by atoms with Crippen LogP contribution in [0, 0.1) is 11.7 Å². The van der Waals surface area contributed by atoms with Crippen molar-refractivity contribution in [1.82, 2.24) is 14.9 Å². The van der Waals surface area contributed by atoms with Gasteiger partial charge in [0, 0.05) is 24.8 Å². The van der Waals surface area contributed by atoms with Crippen molar-refractivity contribution < 1.29 is 22.4 Å². The van der Waals surface area contributed by atoms with Gasteiger partial charge in [-0.1, -0.05) is 44.2 Å². The van der Waals surface area contributed by atoms with Crippen molar-refractivity contribution in [3.8, 4) is 0 Å². The summed E-state index contributed by atoms with van der Waals surface area (Å²) < 4.78 is 41.7. The number of sulfonamides is 1. The number of halogens is 1. The van der Waals surface area contributed by atoms with E-state index < -0.39 is 32.7 Å². The molecule has 0 bridgehead atoms. The molecule has 34 heavy (non-hydrogen) atoms. The summed E-state index contributed by atoms with van der Waals surface area (Å²) in [6.45, 7) is 4.96. The number of carbonyl (C=O) groups excluding carboxylic acids is 2. The van der Waals surface area contributed by atoms with Crippen LogP contribution in [0.2, 0.25) is 0 Å². The minimum atomic E-state index is -4.21. The lowest BCUT2D eigenvalue weighted by molar-refractivity contribution is -0.125. The molecular weight excluding hydrogens is 459 g/mol. The Morgan fingerprint density at radius 1 is 1.03 bits per heavy atom. The molecule has 0 unspecified atom stereocenters. The minimum Gasteiger partial charge on any atom is -0.352 e. The van der Waals surface area contributed by atoms with E-state index in [1.807, 2.05) is 35.2 Å². The highest BCUT2D eigenvalue weighted by Crippen LogP contribution is 2.17. The third-order valence-electron chi connectivity index (χ3n) is 5.72. The molecule has 0 spiro atoms. The van der Waals surface area contributed by atoms with Gasteiger partial charge in [-0.25, -0.2) is 12.8 Å². The van der Waals surface area contributed by atoms with Crippen LogP contribution in [-0.2, 0) is 19.6 Å². The molecule has 0 aliphatic carbocycles. The number of para-hydroxylation sites is 1. The summed E-state index contributed by atoms with van der Waals surface area (Å²) in [6, 6.07) is 13.1. The van der Waals surface area contributed by atoms with Gasteiger partial charge in [-0.05, 0) is 43.0 Å². The fraction of sp³-hybridized carbons (Fsp3) is 0.417. The molecular formula is C24H31FN4O4S. The van der Waals surface area contributed by atoms with Crippen molar-refractivity contribution in [3.05, 3.63) is 60.4 Å². The molecule has 3 rings (SSSR count). The molecule has 184 valence electrons. The van der Waals surface area contributed by atoms with Crippen molar-refractivity contribution >= 4 is 27.5 Å². The molecule has 2 aromatic carbocycles. The van der Waals surface area contributed by atoms with E-state index in [-0.39, 0.29) is 24.4 Å². The van der Waals surface area contributed by atoms with Crippen molar-refractivity contribution in [1.29, 1.82) is 0 Å². The maximum Gasteiger partial charge on any atom is 0.244 e. The lowest BCUT2D eigenvalue weighted by Gasteiger charge is -2.33. The van der Waals surface area contributed by atoms with E-state index >= 15 is 0 Å². The largest absolute Gasteiger partial charge is 0.352 e. The van der Waals surface area contributed by atoms with Gasteiger partial charge in [-0.15, -0.1) is 0 Å². The zero-order chi connectivity index (χ0) is 24.7. The molecule has 1 aliphatic heterocycles. The Labute approximate surface area is 200 Å². The Bertz CT molecular complexity index is 1090. The van der Waals surface area contributed by atoms with Crippen LogP contribution in [0.25, 0.3) is 0 Å². The van der Waals surface area contributed by atoms with Crippen molar-refractivity contribution in [3.63, 3.8) is 0 Å². The smallest absolute Gasteiger partial charge is 0.244 e. The number of rotatable bonds is 9. The Balaban J connectivity index is 1.51. The predicted molar refractivity (Wildman–Crippen MR) is 128 cm³/mol. The van der Waals surface area contributed by atoms with E-state index in [9.17, 15) is 22.4 Å². The topological polar surface area (TPSA) is 108 Å². The highest BCUT2D eigenvalue weighted by Gasteiger charge is 2.31. The second kappa shape index (κ2) is 11.5. The van der Waals surface area contributed by atoms with Gasteiger partial charge in [-0.2, -0.15) is 4.72 Å². The zero-order valence-corrected chi connectivity index (χ0v) is 20.1. The number of likely N-dealkylation sites (tertiary alicyclic amines) is 1. The molecule has 3 N–H and O–H groups in total. The fourth-order valence-corrected chi connectivity index (χ4v) is 5.26. The number of hydrogen-bond donors (Lipinski definition) is 3. The van der Waals surface area contributed by atoms with Gasteiger partial charge in [0.25, 0.3) is 0 Å². The molecule has 2 amide bonds. The van der Waals surface area contributed by atoms with Gasteiger partial charge in [0.1, 0.15) is 16.8 Å². The van der Waals surface area contributed by atoms with Crippen LogP contribution in [0.4, 0.5) is 10.1 Å². The first-order chi connectivity index (χ1) is 16.2. The van der Waals surface area contributed by atoms with Gasteiger partial charge < -0.3 is 10.6 Å². The van der Waals surface area contributed by atoms with Gasteiger partial charge in [0.15, 0.2) is 0 Å². The molecule has 0 saturated carbocycles. The molecule has 1 aliphatic rings. The molecule has 0 radical (unpaired) electrons. The van der Waals surface area contributed by atoms with Crippen LogP contribution in [0.3, 0.4) is 0 Å². The average Bonchev–Trinajstić information content (AvgIpc) is 2.79. The first-order valence-electron chi connectivity index (χ1n) is 11.3. The van der Waals surface area contributed by atoms with Crippen molar-refractivity contribution in [2.75, 3.05) is 25.0 Å². The highest BCUT2D eigenvalue weighted by molar-refractivity contribution is 7.89. The Hall–Kier alpha value is -2.82. The average molecular weight is 491 g/mol. The second-order valence-corrected chi connectivity index (χ2v) is 10.4. The van der Waals surface area contributed by atoms with Crippen LogP contribution < -0.4 is 15.4 Å². The van der Waals surface area contributed by atoms with Gasteiger partial charge in [-0.3, -0.25) is 14.5 Å². The first-order valence-corrected chi connectivity index (χ1v) is 12.8. The van der Waals surface area contributed by atoms with Gasteiger partial charge in [0.05, 0.1) is 6.54 Å². The quantitative estimate of drug-likeness (QED) is 0.500. The summed E-state index contributed by atoms with van der Waals surface area (Å²) in [7, 11) is -4.21. The normalized spacial score (nSPS) is 16.2. The predicted octanol–water partition coefficient (Wildman–Crippen LogP) is 2.35. The standard InChI is InChI=1S/C24H31FN4O4S/c1-17(2)23(28-34(32,33)21-11-7-6-10-20(21)25)24(31)27-19-12-14-29(15-13-19)16-22(30)26-18-8-4-3-5-9-18/h3-11,17,19,23,28H,12-16H2,1-2H3,(H,26,30)(H,27,31)/t23-/m0/s1. The summed E-state index contributed by atoms with van der Waals surface area (Å²) in [5.74, 6) is -1.77. The van der Waals surface area contributed by atoms with Crippen LogP contribution in [0.5, 0.6) is 0 Å². The van der Waals surface area contributed by atoms with Crippen LogP contribution in [-0.4, -0.2) is 56.9 Å². The third kappa shape index (κ3) is 7.09. The fourth-order valence-electron chi connectivity index (χ4n) is 3.84. The van der Waals surface area contributed by atoms with E-state index in [0.717, 1.165) is 17.8 Å². The highest BCUT2D eigenvalue weighted by atomic mass is 32.2. The number of piperidine rings is 1. The van der Waals surface area contributed by atoms with E-state index in [1.165, 1.54) is 12.1 Å². The Morgan fingerprint density at radius 2 is 1.65 bits per heavy atom. The Kier molecular flexibility index (Phi) is 8.76. The number of nitrogens with one attached hydrogen (secondary N) is 3. The maximum atomic E-state index is 14.0. The van der Waals surface area contributed by atoms with E-state index in [2.05, 4.69) is 15.4 Å². The number of nitrogens with zero attached hydrogens (tertiary/aromatic N) is 1. The molecule has 0 aromatic heterocycles. The lowest BCUT2D eigenvalue weighted by atomic mass is 10.0. The van der Waals surface area contributed by atoms with Crippen LogP contribution in [0.1, 0.15) is 26.7 Å². The van der Waals surface area contributed by atoms with Crippen molar-refractivity contribution in [2.24, 2.45) is 5.92 Å². The SMILES string of the molecule is CC(C)[C@H](NS(=O)(=O)c1ccccc1F)C(=O)NC1CCN(CC(=O)Nc2ccccc2)CC1. The number of benzene rings is 2. The summed E-state index contributed by atoms with van der Waals surface area (Å²) in [6.07, 6.45) is 1.27. The number of carbonyl (C=O) groups is 2. The maximum absolute atomic E-state index is 14.0. The Morgan fingerprint density at radius 3 is 2.26 bits per heavy atom. The summed E-state index contributed by atoms with van der Waals surface area (Å²) >= 11 is 0. The monoisotopic (exact) mass is 490 g/mol. The number of anilines is 1. The zero-order valence-electron chi connectivity index (χ0n) is 19.3. The molecule has 2 aromatic rings. The minimum absolute atomic E-state index is 0.101. The van der Waals surface area contributed by atoms with E-state index in [1.54, 1.807) is 13.8 Å². The summed E-state index contributed by atoms with van der Waals surface area (Å²) in [4.78, 5) is 26.7. The van der Waals surface area contributed by atoms with Crippen molar-refractivity contribution in [2.45, 2.75) is 43.7 Å². The van der Waals surface area contributed by atoms with Gasteiger partial charge in [0.2, 0.25) is 21.8 Å². The van der Waals surface area contributed by atoms with Gasteiger partial charge >= 0.3 is 0 Å². The number of amides is 2. The first kappa shape index (κ1) is 25.8. The lowest BCUT2D eigenvalue weighted by Crippen LogP contribution is -2.54. The van der Waals surface area contributed by atoms with Crippen LogP contribution in [0.15, 0.2) is 59.5 Å². The molecule has 10 heteroatoms. The van der Waals surface area contributed by atoms with Crippen LogP contribution >= 0.6 is 0 Å².